The summed E-state index contributed by atoms with van der Waals surface area (Å²) in [5.74, 6) is -0.779. The minimum atomic E-state index is -0.460. The number of imide groups is 1. The van der Waals surface area contributed by atoms with E-state index in [1.807, 2.05) is 0 Å². The van der Waals surface area contributed by atoms with E-state index in [4.69, 9.17) is 20.8 Å². The summed E-state index contributed by atoms with van der Waals surface area (Å²) in [6.07, 6.45) is 1.48. The van der Waals surface area contributed by atoms with Gasteiger partial charge in [0.25, 0.3) is 17.7 Å². The molecule has 0 unspecified atom stereocenters. The fourth-order valence-electron chi connectivity index (χ4n) is 4.05. The summed E-state index contributed by atoms with van der Waals surface area (Å²) in [6, 6.07) is 13.2. The molecule has 1 saturated heterocycles. The number of fused-ring (bicyclic) bond motifs is 1. The molecule has 0 bridgehead atoms. The third-order valence-corrected chi connectivity index (χ3v) is 5.99. The number of nitrogens with zero attached hydrogens (tertiary/aromatic N) is 2. The van der Waals surface area contributed by atoms with E-state index in [9.17, 15) is 14.4 Å². The number of amides is 3. The van der Waals surface area contributed by atoms with Crippen molar-refractivity contribution in [2.75, 3.05) is 36.5 Å². The predicted molar refractivity (Wildman–Crippen MR) is 122 cm³/mol. The Morgan fingerprint density at radius 3 is 2.55 bits per heavy atom. The number of anilines is 2. The lowest BCUT2D eigenvalue weighted by molar-refractivity contribution is 0.0631. The lowest BCUT2D eigenvalue weighted by Gasteiger charge is -2.31. The van der Waals surface area contributed by atoms with Crippen LogP contribution < -0.4 is 10.2 Å². The highest BCUT2D eigenvalue weighted by molar-refractivity contribution is 6.34. The van der Waals surface area contributed by atoms with Crippen molar-refractivity contribution in [1.82, 2.24) is 4.90 Å². The molecule has 0 spiro atoms. The van der Waals surface area contributed by atoms with Crippen LogP contribution in [0.2, 0.25) is 5.02 Å². The molecule has 1 N–H and O–H groups in total. The van der Waals surface area contributed by atoms with Crippen LogP contribution in [0.5, 0.6) is 0 Å². The van der Waals surface area contributed by atoms with Gasteiger partial charge in [-0.05, 0) is 42.5 Å². The van der Waals surface area contributed by atoms with Gasteiger partial charge in [0, 0.05) is 18.7 Å². The van der Waals surface area contributed by atoms with E-state index in [-0.39, 0.29) is 23.2 Å². The van der Waals surface area contributed by atoms with Gasteiger partial charge in [0.05, 0.1) is 53.5 Å². The average molecular weight is 466 g/mol. The first-order valence-corrected chi connectivity index (χ1v) is 10.9. The molecule has 2 aliphatic heterocycles. The van der Waals surface area contributed by atoms with Gasteiger partial charge >= 0.3 is 0 Å². The first-order chi connectivity index (χ1) is 16.0. The summed E-state index contributed by atoms with van der Waals surface area (Å²) < 4.78 is 10.7. The lowest BCUT2D eigenvalue weighted by atomic mass is 10.1. The highest BCUT2D eigenvalue weighted by Crippen LogP contribution is 2.35. The van der Waals surface area contributed by atoms with Gasteiger partial charge in [0.2, 0.25) is 0 Å². The number of hydrogen-bond acceptors (Lipinski definition) is 6. The second-order valence-corrected chi connectivity index (χ2v) is 8.13. The number of benzene rings is 2. The molecule has 168 valence electrons. The van der Waals surface area contributed by atoms with Crippen LogP contribution in [0.4, 0.5) is 11.4 Å². The van der Waals surface area contributed by atoms with E-state index in [1.54, 1.807) is 30.3 Å². The number of carbonyl (C=O) groups excluding carboxylic acids is 3. The lowest BCUT2D eigenvalue weighted by Crippen LogP contribution is -2.37. The van der Waals surface area contributed by atoms with Crippen molar-refractivity contribution in [2.24, 2.45) is 0 Å². The number of halogens is 1. The maximum atomic E-state index is 13.1. The Bertz CT molecular complexity index is 1230. The zero-order valence-corrected chi connectivity index (χ0v) is 18.3. The molecule has 1 aromatic heterocycles. The van der Waals surface area contributed by atoms with Crippen molar-refractivity contribution in [1.29, 1.82) is 0 Å². The van der Waals surface area contributed by atoms with Gasteiger partial charge in [0.15, 0.2) is 0 Å². The fraction of sp³-hybridized carbons (Fsp3) is 0.208. The van der Waals surface area contributed by atoms with Crippen LogP contribution in [-0.2, 0) is 11.3 Å². The van der Waals surface area contributed by atoms with Gasteiger partial charge in [-0.2, -0.15) is 0 Å². The van der Waals surface area contributed by atoms with Crippen molar-refractivity contribution in [3.05, 3.63) is 82.3 Å². The molecule has 5 rings (SSSR count). The van der Waals surface area contributed by atoms with E-state index in [1.165, 1.54) is 24.5 Å². The van der Waals surface area contributed by atoms with Crippen LogP contribution in [-0.4, -0.2) is 48.9 Å². The molecule has 8 nitrogen and oxygen atoms in total. The fourth-order valence-corrected chi connectivity index (χ4v) is 4.35. The first kappa shape index (κ1) is 21.2. The zero-order valence-electron chi connectivity index (χ0n) is 17.5. The Morgan fingerprint density at radius 2 is 1.79 bits per heavy atom. The molecule has 0 atom stereocenters. The van der Waals surface area contributed by atoms with Gasteiger partial charge in [-0.1, -0.05) is 17.7 Å². The summed E-state index contributed by atoms with van der Waals surface area (Å²) in [6.45, 7) is 2.51. The standard InChI is InChI=1S/C24H20ClN3O5/c25-19-4-1-5-20(21(19)27-8-11-32-12-9-27)26-22(29)15-6-7-17-18(13-15)24(31)28(23(17)30)14-16-3-2-10-33-16/h1-7,10,13H,8-9,11-12,14H2,(H,26,29). The molecule has 3 aromatic rings. The predicted octanol–water partition coefficient (Wildman–Crippen LogP) is 3.82. The molecule has 1 fully saturated rings. The van der Waals surface area contributed by atoms with E-state index >= 15 is 0 Å². The van der Waals surface area contributed by atoms with Crippen LogP contribution in [0.25, 0.3) is 0 Å². The summed E-state index contributed by atoms with van der Waals surface area (Å²) >= 11 is 6.45. The summed E-state index contributed by atoms with van der Waals surface area (Å²) in [4.78, 5) is 41.8. The van der Waals surface area contributed by atoms with Crippen molar-refractivity contribution in [2.45, 2.75) is 6.54 Å². The zero-order chi connectivity index (χ0) is 22.9. The molecule has 0 aliphatic carbocycles. The molecule has 0 saturated carbocycles. The number of carbonyl (C=O) groups is 3. The Labute approximate surface area is 194 Å². The van der Waals surface area contributed by atoms with Gasteiger partial charge in [-0.25, -0.2) is 0 Å². The van der Waals surface area contributed by atoms with Crippen LogP contribution in [0, 0.1) is 0 Å². The van der Waals surface area contributed by atoms with Crippen LogP contribution in [0.1, 0.15) is 36.8 Å². The van der Waals surface area contributed by atoms with Crippen molar-refractivity contribution < 1.29 is 23.5 Å². The molecular formula is C24H20ClN3O5. The van der Waals surface area contributed by atoms with Gasteiger partial charge < -0.3 is 19.4 Å². The molecule has 9 heteroatoms. The summed E-state index contributed by atoms with van der Waals surface area (Å²) in [7, 11) is 0. The van der Waals surface area contributed by atoms with Gasteiger partial charge in [-0.15, -0.1) is 0 Å². The smallest absolute Gasteiger partial charge is 0.261 e. The quantitative estimate of drug-likeness (QED) is 0.576. The van der Waals surface area contributed by atoms with Crippen molar-refractivity contribution in [3.63, 3.8) is 0 Å². The third kappa shape index (κ3) is 3.99. The number of para-hydroxylation sites is 1. The second kappa shape index (κ2) is 8.73. The number of morpholine rings is 1. The highest BCUT2D eigenvalue weighted by atomic mass is 35.5. The number of nitrogens with one attached hydrogen (secondary N) is 1. The summed E-state index contributed by atoms with van der Waals surface area (Å²) in [5.41, 5.74) is 2.02. The Kier molecular flexibility index (Phi) is 5.62. The number of rotatable bonds is 5. The maximum Gasteiger partial charge on any atom is 0.261 e. The maximum absolute atomic E-state index is 13.1. The molecule has 3 amide bonds. The molecule has 33 heavy (non-hydrogen) atoms. The Morgan fingerprint density at radius 1 is 1.00 bits per heavy atom. The topological polar surface area (TPSA) is 92.1 Å². The number of furan rings is 1. The van der Waals surface area contributed by atoms with Crippen molar-refractivity contribution >= 4 is 40.7 Å². The van der Waals surface area contributed by atoms with Gasteiger partial charge in [0.1, 0.15) is 5.76 Å². The van der Waals surface area contributed by atoms with Crippen LogP contribution in [0.15, 0.2) is 59.2 Å². The monoisotopic (exact) mass is 465 g/mol. The number of ether oxygens (including phenoxy) is 1. The normalized spacial score (nSPS) is 15.7. The third-order valence-electron chi connectivity index (χ3n) is 5.69. The molecule has 2 aromatic carbocycles. The van der Waals surface area contributed by atoms with Gasteiger partial charge in [-0.3, -0.25) is 19.3 Å². The van der Waals surface area contributed by atoms with Crippen LogP contribution in [0.3, 0.4) is 0 Å². The Hall–Kier alpha value is -3.62. The number of hydrogen-bond donors (Lipinski definition) is 1. The molecule has 0 radical (unpaired) electrons. The molecule has 3 heterocycles. The van der Waals surface area contributed by atoms with E-state index in [0.717, 1.165) is 10.6 Å². The van der Waals surface area contributed by atoms with Crippen molar-refractivity contribution in [3.8, 4) is 0 Å². The van der Waals surface area contributed by atoms with E-state index in [2.05, 4.69) is 10.2 Å². The first-order valence-electron chi connectivity index (χ1n) is 10.5. The molecular weight excluding hydrogens is 446 g/mol. The van der Waals surface area contributed by atoms with Crippen LogP contribution >= 0.6 is 11.6 Å². The molecule has 2 aliphatic rings. The van der Waals surface area contributed by atoms with E-state index in [0.29, 0.717) is 42.8 Å². The minimum Gasteiger partial charge on any atom is -0.467 e. The Balaban J connectivity index is 1.39. The largest absolute Gasteiger partial charge is 0.467 e. The highest BCUT2D eigenvalue weighted by Gasteiger charge is 2.36. The summed E-state index contributed by atoms with van der Waals surface area (Å²) in [5, 5.41) is 3.42. The average Bonchev–Trinajstić information content (AvgIpc) is 3.42. The van der Waals surface area contributed by atoms with E-state index < -0.39 is 17.7 Å². The second-order valence-electron chi connectivity index (χ2n) is 7.73. The minimum absolute atomic E-state index is 0.0340. The SMILES string of the molecule is O=C(Nc1cccc(Cl)c1N1CCOCC1)c1ccc2c(c1)C(=O)N(Cc1ccco1)C2=O.